The van der Waals surface area contributed by atoms with Crippen LogP contribution in [-0.2, 0) is 9.84 Å². The lowest BCUT2D eigenvalue weighted by Crippen LogP contribution is -2.25. The molecule has 0 aliphatic carbocycles. The summed E-state index contributed by atoms with van der Waals surface area (Å²) in [7, 11) is -2.98. The fourth-order valence-electron chi connectivity index (χ4n) is 1.95. The maximum atomic E-state index is 11.6. The lowest BCUT2D eigenvalue weighted by molar-refractivity contribution is 0.591. The molecule has 0 bridgehead atoms. The summed E-state index contributed by atoms with van der Waals surface area (Å²) in [5.41, 5.74) is 0.323. The van der Waals surface area contributed by atoms with Crippen LogP contribution in [0.15, 0.2) is 12.3 Å². The lowest BCUT2D eigenvalue weighted by Gasteiger charge is -2.12. The Morgan fingerprint density at radius 3 is 3.00 bits per heavy atom. The molecule has 0 amide bonds. The number of nitriles is 1. The zero-order valence-electron chi connectivity index (χ0n) is 9.56. The van der Waals surface area contributed by atoms with Gasteiger partial charge in [0.15, 0.2) is 9.84 Å². The van der Waals surface area contributed by atoms with Crippen LogP contribution in [0, 0.1) is 11.3 Å². The highest BCUT2D eigenvalue weighted by Gasteiger charge is 2.31. The first kappa shape index (κ1) is 13.1. The number of nitrogens with zero attached hydrogens (tertiary/aromatic N) is 2. The van der Waals surface area contributed by atoms with Gasteiger partial charge in [0.2, 0.25) is 0 Å². The number of aromatic nitrogens is 1. The van der Waals surface area contributed by atoms with Crippen molar-refractivity contribution in [1.82, 2.24) is 4.98 Å². The van der Waals surface area contributed by atoms with Gasteiger partial charge in [0.05, 0.1) is 16.6 Å². The van der Waals surface area contributed by atoms with Crippen LogP contribution in [0.4, 0.5) is 5.82 Å². The summed E-state index contributed by atoms with van der Waals surface area (Å²) in [4.78, 5) is 4.01. The zero-order valence-corrected chi connectivity index (χ0v) is 11.1. The van der Waals surface area contributed by atoms with Gasteiger partial charge in [-0.25, -0.2) is 13.4 Å². The van der Waals surface area contributed by atoms with Crippen molar-refractivity contribution in [1.29, 1.82) is 5.26 Å². The monoisotopic (exact) mass is 285 g/mol. The van der Waals surface area contributed by atoms with Gasteiger partial charge in [0.1, 0.15) is 16.9 Å². The lowest BCUT2D eigenvalue weighted by atomic mass is 10.2. The molecule has 18 heavy (non-hydrogen) atoms. The number of hydrogen-bond acceptors (Lipinski definition) is 5. The number of pyridine rings is 1. The summed E-state index contributed by atoms with van der Waals surface area (Å²) < 4.78 is 23.3. The van der Waals surface area contributed by atoms with Crippen molar-refractivity contribution in [2.75, 3.05) is 17.6 Å². The van der Waals surface area contributed by atoms with Crippen molar-refractivity contribution in [3.63, 3.8) is 0 Å². The molecule has 1 aliphatic rings. The number of rotatable bonds is 3. The van der Waals surface area contributed by atoms with Gasteiger partial charge in [0, 0.05) is 12.7 Å². The van der Waals surface area contributed by atoms with Gasteiger partial charge < -0.3 is 5.32 Å². The van der Waals surface area contributed by atoms with E-state index in [-0.39, 0.29) is 22.6 Å². The maximum absolute atomic E-state index is 11.6. The van der Waals surface area contributed by atoms with Crippen molar-refractivity contribution in [2.45, 2.75) is 18.1 Å². The molecule has 7 heteroatoms. The average molecular weight is 286 g/mol. The molecule has 1 aromatic rings. The van der Waals surface area contributed by atoms with E-state index in [1.165, 1.54) is 12.3 Å². The number of nitrogens with one attached hydrogen (secondary N) is 1. The SMILES string of the molecule is N#Cc1ccnc(NCC2CCCS2(=O)=O)c1Cl. The molecule has 1 N–H and O–H groups in total. The predicted octanol–water partition coefficient (Wildman–Crippen LogP) is 1.60. The summed E-state index contributed by atoms with van der Waals surface area (Å²) >= 11 is 5.97. The van der Waals surface area contributed by atoms with Gasteiger partial charge in [-0.2, -0.15) is 5.26 Å². The van der Waals surface area contributed by atoms with Crippen molar-refractivity contribution >= 4 is 27.3 Å². The van der Waals surface area contributed by atoms with Crippen LogP contribution in [0.1, 0.15) is 18.4 Å². The summed E-state index contributed by atoms with van der Waals surface area (Å²) in [5.74, 6) is 0.608. The van der Waals surface area contributed by atoms with Gasteiger partial charge >= 0.3 is 0 Å². The Bertz CT molecular complexity index is 595. The number of anilines is 1. The number of hydrogen-bond donors (Lipinski definition) is 1. The Balaban J connectivity index is 2.10. The Morgan fingerprint density at radius 1 is 1.61 bits per heavy atom. The Labute approximate surface area is 111 Å². The van der Waals surface area contributed by atoms with E-state index in [1.807, 2.05) is 6.07 Å². The molecule has 0 aromatic carbocycles. The van der Waals surface area contributed by atoms with Crippen LogP contribution in [0.25, 0.3) is 0 Å². The molecule has 1 unspecified atom stereocenters. The van der Waals surface area contributed by atoms with E-state index in [4.69, 9.17) is 16.9 Å². The molecule has 1 atom stereocenters. The third-order valence-corrected chi connectivity index (χ3v) is 5.63. The summed E-state index contributed by atoms with van der Waals surface area (Å²) in [5, 5.41) is 11.6. The topological polar surface area (TPSA) is 82.8 Å². The fraction of sp³-hybridized carbons (Fsp3) is 0.455. The molecule has 1 aliphatic heterocycles. The molecule has 2 heterocycles. The largest absolute Gasteiger partial charge is 0.367 e. The zero-order chi connectivity index (χ0) is 13.2. The van der Waals surface area contributed by atoms with E-state index in [0.29, 0.717) is 24.2 Å². The quantitative estimate of drug-likeness (QED) is 0.912. The minimum absolute atomic E-state index is 0.232. The molecule has 2 rings (SSSR count). The second kappa shape index (κ2) is 5.12. The van der Waals surface area contributed by atoms with E-state index in [9.17, 15) is 8.42 Å². The van der Waals surface area contributed by atoms with Crippen LogP contribution in [0.5, 0.6) is 0 Å². The third-order valence-electron chi connectivity index (χ3n) is 2.97. The van der Waals surface area contributed by atoms with Crippen LogP contribution < -0.4 is 5.32 Å². The summed E-state index contributed by atoms with van der Waals surface area (Å²) in [6.45, 7) is 0.282. The van der Waals surface area contributed by atoms with Gasteiger partial charge in [0.25, 0.3) is 0 Å². The molecule has 0 saturated carbocycles. The highest BCUT2D eigenvalue weighted by atomic mass is 35.5. The molecule has 0 radical (unpaired) electrons. The molecular formula is C11H12ClN3O2S. The number of sulfone groups is 1. The number of halogens is 1. The van der Waals surface area contributed by atoms with Crippen LogP contribution in [0.2, 0.25) is 5.02 Å². The van der Waals surface area contributed by atoms with Crippen molar-refractivity contribution in [2.24, 2.45) is 0 Å². The molecular weight excluding hydrogens is 274 g/mol. The van der Waals surface area contributed by atoms with Crippen LogP contribution in [0.3, 0.4) is 0 Å². The Morgan fingerprint density at radius 2 is 2.39 bits per heavy atom. The standard InChI is InChI=1S/C11H12ClN3O2S/c12-10-8(6-13)3-4-14-11(10)15-7-9-2-1-5-18(9,16)17/h3-4,9H,1-2,5,7H2,(H,14,15). The van der Waals surface area contributed by atoms with E-state index < -0.39 is 9.84 Å². The molecule has 5 nitrogen and oxygen atoms in total. The minimum Gasteiger partial charge on any atom is -0.367 e. The van der Waals surface area contributed by atoms with E-state index in [2.05, 4.69) is 10.3 Å². The van der Waals surface area contributed by atoms with Gasteiger partial charge in [-0.3, -0.25) is 0 Å². The highest BCUT2D eigenvalue weighted by Crippen LogP contribution is 2.25. The van der Waals surface area contributed by atoms with Crippen molar-refractivity contribution in [3.05, 3.63) is 22.8 Å². The average Bonchev–Trinajstić information content (AvgIpc) is 2.67. The molecule has 96 valence electrons. The molecule has 1 aromatic heterocycles. The van der Waals surface area contributed by atoms with Crippen molar-refractivity contribution < 1.29 is 8.42 Å². The summed E-state index contributed by atoms with van der Waals surface area (Å²) in [6.07, 6.45) is 2.83. The molecule has 1 saturated heterocycles. The highest BCUT2D eigenvalue weighted by molar-refractivity contribution is 7.92. The first-order valence-electron chi connectivity index (χ1n) is 5.54. The third kappa shape index (κ3) is 2.57. The van der Waals surface area contributed by atoms with E-state index >= 15 is 0 Å². The van der Waals surface area contributed by atoms with Crippen LogP contribution in [-0.4, -0.2) is 30.9 Å². The van der Waals surface area contributed by atoms with E-state index in [1.54, 1.807) is 0 Å². The van der Waals surface area contributed by atoms with Gasteiger partial charge in [-0.15, -0.1) is 0 Å². The molecule has 0 spiro atoms. The predicted molar refractivity (Wildman–Crippen MR) is 69.3 cm³/mol. The van der Waals surface area contributed by atoms with E-state index in [0.717, 1.165) is 0 Å². The maximum Gasteiger partial charge on any atom is 0.154 e. The summed E-state index contributed by atoms with van der Waals surface area (Å²) in [6, 6.07) is 3.46. The van der Waals surface area contributed by atoms with Crippen LogP contribution >= 0.6 is 11.6 Å². The first-order valence-corrected chi connectivity index (χ1v) is 7.64. The second-order valence-corrected chi connectivity index (χ2v) is 6.92. The van der Waals surface area contributed by atoms with Gasteiger partial charge in [-0.1, -0.05) is 11.6 Å². The van der Waals surface area contributed by atoms with Crippen molar-refractivity contribution in [3.8, 4) is 6.07 Å². The fourth-order valence-corrected chi connectivity index (χ4v) is 3.94. The molecule has 1 fully saturated rings. The smallest absolute Gasteiger partial charge is 0.154 e. The Kier molecular flexibility index (Phi) is 3.73. The second-order valence-electron chi connectivity index (χ2n) is 4.15. The minimum atomic E-state index is -2.98. The first-order chi connectivity index (χ1) is 8.54. The van der Waals surface area contributed by atoms with Gasteiger partial charge in [-0.05, 0) is 18.9 Å². The normalized spacial score (nSPS) is 21.4. The Hall–Kier alpha value is -1.32.